The minimum atomic E-state index is 0.724. The van der Waals surface area contributed by atoms with Crippen molar-refractivity contribution in [3.8, 4) is 11.5 Å². The van der Waals surface area contributed by atoms with Crippen molar-refractivity contribution in [1.82, 2.24) is 0 Å². The Hall–Kier alpha value is -0.830. The van der Waals surface area contributed by atoms with Gasteiger partial charge in [-0.3, -0.25) is 0 Å². The van der Waals surface area contributed by atoms with E-state index in [0.717, 1.165) is 23.4 Å². The third-order valence-corrected chi connectivity index (χ3v) is 2.84. The van der Waals surface area contributed by atoms with Gasteiger partial charge in [-0.15, -0.1) is 0 Å². The highest BCUT2D eigenvalue weighted by atomic mass is 32.2. The number of ether oxygens (including phenoxy) is 2. The summed E-state index contributed by atoms with van der Waals surface area (Å²) in [4.78, 5) is 0. The van der Waals surface area contributed by atoms with E-state index in [0.29, 0.717) is 0 Å². The summed E-state index contributed by atoms with van der Waals surface area (Å²) >= 11 is 1.95. The van der Waals surface area contributed by atoms with Gasteiger partial charge >= 0.3 is 0 Å². The Balaban J connectivity index is 1.88. The average molecular weight is 196 g/mol. The second-order valence-electron chi connectivity index (χ2n) is 2.94. The summed E-state index contributed by atoms with van der Waals surface area (Å²) in [5.74, 6) is 3.04. The van der Waals surface area contributed by atoms with E-state index in [9.17, 15) is 0 Å². The molecule has 1 fully saturated rings. The molecular formula is C10H12O2S. The van der Waals surface area contributed by atoms with Crippen molar-refractivity contribution >= 4 is 11.8 Å². The highest BCUT2D eigenvalue weighted by Crippen LogP contribution is 2.30. The van der Waals surface area contributed by atoms with Gasteiger partial charge in [0.1, 0.15) is 18.1 Å². The molecule has 0 aromatic heterocycles. The molecule has 2 nitrogen and oxygen atoms in total. The molecule has 1 saturated heterocycles. The number of methoxy groups -OCH3 is 1. The van der Waals surface area contributed by atoms with E-state index in [1.54, 1.807) is 7.11 Å². The summed E-state index contributed by atoms with van der Waals surface area (Å²) in [5, 5.41) is 0.724. The fraction of sp³-hybridized carbons (Fsp3) is 0.400. The Labute approximate surface area is 82.2 Å². The second-order valence-corrected chi connectivity index (χ2v) is 4.28. The molecule has 13 heavy (non-hydrogen) atoms. The zero-order chi connectivity index (χ0) is 9.10. The van der Waals surface area contributed by atoms with Gasteiger partial charge in [0.15, 0.2) is 0 Å². The van der Waals surface area contributed by atoms with Crippen LogP contribution in [0.3, 0.4) is 0 Å². The number of thioether (sulfide) groups is 1. The van der Waals surface area contributed by atoms with Gasteiger partial charge in [0.25, 0.3) is 0 Å². The Bertz CT molecular complexity index is 267. The molecule has 1 aliphatic rings. The van der Waals surface area contributed by atoms with Crippen LogP contribution in [0.4, 0.5) is 0 Å². The summed E-state index contributed by atoms with van der Waals surface area (Å²) in [5.41, 5.74) is 0. The molecule has 1 aromatic carbocycles. The molecule has 3 heteroatoms. The van der Waals surface area contributed by atoms with Crippen LogP contribution in [-0.2, 0) is 0 Å². The van der Waals surface area contributed by atoms with Crippen LogP contribution >= 0.6 is 11.8 Å². The van der Waals surface area contributed by atoms with E-state index in [4.69, 9.17) is 9.47 Å². The van der Waals surface area contributed by atoms with Crippen molar-refractivity contribution in [2.24, 2.45) is 0 Å². The summed E-state index contributed by atoms with van der Waals surface area (Å²) in [6.07, 6.45) is 0. The highest BCUT2D eigenvalue weighted by molar-refractivity contribution is 8.06. The smallest absolute Gasteiger partial charge is 0.119 e. The van der Waals surface area contributed by atoms with Crippen LogP contribution in [0.15, 0.2) is 24.3 Å². The number of benzene rings is 1. The molecule has 1 aliphatic heterocycles. The van der Waals surface area contributed by atoms with Crippen LogP contribution in [0.25, 0.3) is 0 Å². The standard InChI is InChI=1S/C10H12O2S/c1-11-8-2-4-9(5-3-8)12-6-10-7-13-10/h2-5,10H,6-7H2,1H3/t10-/m1/s1. The molecule has 0 amide bonds. The van der Waals surface area contributed by atoms with E-state index in [1.807, 2.05) is 36.0 Å². The molecule has 0 bridgehead atoms. The Morgan fingerprint density at radius 2 is 1.92 bits per heavy atom. The normalized spacial score (nSPS) is 19.6. The molecule has 0 saturated carbocycles. The van der Waals surface area contributed by atoms with Gasteiger partial charge in [-0.1, -0.05) is 0 Å². The predicted octanol–water partition coefficient (Wildman–Crippen LogP) is 2.19. The lowest BCUT2D eigenvalue weighted by molar-refractivity contribution is 0.329. The van der Waals surface area contributed by atoms with Gasteiger partial charge in [-0.05, 0) is 24.3 Å². The Morgan fingerprint density at radius 3 is 2.46 bits per heavy atom. The van der Waals surface area contributed by atoms with E-state index in [-0.39, 0.29) is 0 Å². The van der Waals surface area contributed by atoms with E-state index >= 15 is 0 Å². The monoisotopic (exact) mass is 196 g/mol. The van der Waals surface area contributed by atoms with Crippen molar-refractivity contribution in [1.29, 1.82) is 0 Å². The largest absolute Gasteiger partial charge is 0.497 e. The fourth-order valence-corrected chi connectivity index (χ4v) is 1.42. The zero-order valence-electron chi connectivity index (χ0n) is 7.53. The molecular weight excluding hydrogens is 184 g/mol. The summed E-state index contributed by atoms with van der Waals surface area (Å²) in [6, 6.07) is 7.70. The first-order valence-electron chi connectivity index (χ1n) is 4.27. The van der Waals surface area contributed by atoms with Crippen LogP contribution < -0.4 is 9.47 Å². The maximum Gasteiger partial charge on any atom is 0.119 e. The lowest BCUT2D eigenvalue weighted by Gasteiger charge is -2.04. The SMILES string of the molecule is COc1ccc(OC[C@@H]2CS2)cc1. The van der Waals surface area contributed by atoms with Crippen molar-refractivity contribution in [2.45, 2.75) is 5.25 Å². The maximum atomic E-state index is 5.55. The number of rotatable bonds is 4. The molecule has 0 unspecified atom stereocenters. The molecule has 1 aromatic rings. The highest BCUT2D eigenvalue weighted by Gasteiger charge is 2.22. The predicted molar refractivity (Wildman–Crippen MR) is 54.7 cm³/mol. The second kappa shape index (κ2) is 3.92. The van der Waals surface area contributed by atoms with Gasteiger partial charge in [0, 0.05) is 11.0 Å². The van der Waals surface area contributed by atoms with E-state index in [2.05, 4.69) is 0 Å². The topological polar surface area (TPSA) is 18.5 Å². The minimum absolute atomic E-state index is 0.724. The minimum Gasteiger partial charge on any atom is -0.497 e. The quantitative estimate of drug-likeness (QED) is 0.688. The van der Waals surface area contributed by atoms with E-state index < -0.39 is 0 Å². The van der Waals surface area contributed by atoms with Gasteiger partial charge in [0.05, 0.1) is 7.11 Å². The van der Waals surface area contributed by atoms with Crippen molar-refractivity contribution < 1.29 is 9.47 Å². The summed E-state index contributed by atoms with van der Waals surface area (Å²) < 4.78 is 10.6. The maximum absolute atomic E-state index is 5.55. The molecule has 0 radical (unpaired) electrons. The zero-order valence-corrected chi connectivity index (χ0v) is 8.34. The lowest BCUT2D eigenvalue weighted by atomic mass is 10.3. The van der Waals surface area contributed by atoms with Crippen LogP contribution in [0, 0.1) is 0 Å². The Kier molecular flexibility index (Phi) is 2.64. The van der Waals surface area contributed by atoms with Crippen molar-refractivity contribution in [3.63, 3.8) is 0 Å². The van der Waals surface area contributed by atoms with Crippen molar-refractivity contribution in [2.75, 3.05) is 19.5 Å². The van der Waals surface area contributed by atoms with Crippen LogP contribution in [0.2, 0.25) is 0 Å². The average Bonchev–Trinajstić information content (AvgIpc) is 2.99. The number of hydrogen-bond acceptors (Lipinski definition) is 3. The van der Waals surface area contributed by atoms with Crippen molar-refractivity contribution in [3.05, 3.63) is 24.3 Å². The first-order chi connectivity index (χ1) is 6.38. The van der Waals surface area contributed by atoms with Gasteiger partial charge < -0.3 is 9.47 Å². The Morgan fingerprint density at radius 1 is 1.31 bits per heavy atom. The van der Waals surface area contributed by atoms with Gasteiger partial charge in [-0.25, -0.2) is 0 Å². The molecule has 1 atom stereocenters. The molecule has 1 heterocycles. The third kappa shape index (κ3) is 2.56. The first-order valence-corrected chi connectivity index (χ1v) is 5.32. The molecule has 0 N–H and O–H groups in total. The fourth-order valence-electron chi connectivity index (χ4n) is 1.03. The number of hydrogen-bond donors (Lipinski definition) is 0. The molecule has 0 spiro atoms. The van der Waals surface area contributed by atoms with Crippen LogP contribution in [0.1, 0.15) is 0 Å². The van der Waals surface area contributed by atoms with Crippen LogP contribution in [-0.4, -0.2) is 24.7 Å². The van der Waals surface area contributed by atoms with Crippen LogP contribution in [0.5, 0.6) is 11.5 Å². The van der Waals surface area contributed by atoms with Gasteiger partial charge in [0.2, 0.25) is 0 Å². The first kappa shape index (κ1) is 8.75. The lowest BCUT2D eigenvalue weighted by Crippen LogP contribution is -2.02. The third-order valence-electron chi connectivity index (χ3n) is 1.90. The molecule has 2 rings (SSSR count). The summed E-state index contributed by atoms with van der Waals surface area (Å²) in [6.45, 7) is 0.830. The van der Waals surface area contributed by atoms with Gasteiger partial charge in [-0.2, -0.15) is 11.8 Å². The molecule has 0 aliphatic carbocycles. The summed E-state index contributed by atoms with van der Waals surface area (Å²) in [7, 11) is 1.66. The van der Waals surface area contributed by atoms with E-state index in [1.165, 1.54) is 5.75 Å². The molecule has 70 valence electrons.